The number of rotatable bonds is 4. The number of hydrogen-bond acceptors (Lipinski definition) is 8. The molecule has 94 valence electrons. The largest absolute Gasteiger partial charge is 0.376 e. The fourth-order valence-corrected chi connectivity index (χ4v) is 1.50. The van der Waals surface area contributed by atoms with Crippen molar-refractivity contribution in [2.75, 3.05) is 42.8 Å². The average Bonchev–Trinajstić information content (AvgIpc) is 2.37. The molecule has 0 spiro atoms. The summed E-state index contributed by atoms with van der Waals surface area (Å²) in [4.78, 5) is 7.91. The first-order valence-electron chi connectivity index (χ1n) is 5.32. The molecule has 1 saturated heterocycles. The molecule has 1 fully saturated rings. The molecule has 1 aromatic rings. The van der Waals surface area contributed by atoms with E-state index in [9.17, 15) is 0 Å². The fraction of sp³-hybridized carbons (Fsp3) is 0.556. The molecule has 1 unspecified atom stereocenters. The van der Waals surface area contributed by atoms with Crippen molar-refractivity contribution in [3.63, 3.8) is 0 Å². The number of aromatic nitrogens is 2. The van der Waals surface area contributed by atoms with Crippen molar-refractivity contribution in [3.8, 4) is 0 Å². The van der Waals surface area contributed by atoms with Gasteiger partial charge in [0, 0.05) is 12.6 Å². The predicted octanol–water partition coefficient (Wildman–Crippen LogP) is -0.828. The Bertz CT molecular complexity index is 369. The Morgan fingerprint density at radius 2 is 2.18 bits per heavy atom. The Kier molecular flexibility index (Phi) is 3.91. The van der Waals surface area contributed by atoms with Crippen LogP contribution in [0.1, 0.15) is 0 Å². The van der Waals surface area contributed by atoms with E-state index in [1.807, 2.05) is 0 Å². The van der Waals surface area contributed by atoms with Gasteiger partial charge in [0.25, 0.3) is 0 Å². The number of nitrogens with two attached hydrogens (primary N) is 2. The van der Waals surface area contributed by atoms with E-state index >= 15 is 0 Å². The molecular weight excluding hydrogens is 224 g/mol. The lowest BCUT2D eigenvalue weighted by molar-refractivity contribution is -0.0819. The monoisotopic (exact) mass is 240 g/mol. The van der Waals surface area contributed by atoms with Crippen molar-refractivity contribution in [2.24, 2.45) is 5.84 Å². The average molecular weight is 240 g/mol. The minimum absolute atomic E-state index is 0.0224. The van der Waals surface area contributed by atoms with Gasteiger partial charge in [-0.15, -0.1) is 0 Å². The molecule has 0 saturated carbocycles. The summed E-state index contributed by atoms with van der Waals surface area (Å²) in [6, 6.07) is 1.67. The Hall–Kier alpha value is -1.64. The smallest absolute Gasteiger partial charge is 0.223 e. The highest BCUT2D eigenvalue weighted by Gasteiger charge is 2.14. The molecule has 17 heavy (non-hydrogen) atoms. The first-order chi connectivity index (χ1) is 8.28. The molecule has 1 atom stereocenters. The van der Waals surface area contributed by atoms with Crippen LogP contribution in [0.4, 0.5) is 17.6 Å². The first kappa shape index (κ1) is 11.8. The molecular formula is C9H16N6O2. The normalized spacial score (nSPS) is 19.9. The highest BCUT2D eigenvalue weighted by atomic mass is 16.6. The topological polar surface area (TPSA) is 120 Å². The first-order valence-corrected chi connectivity index (χ1v) is 5.32. The van der Waals surface area contributed by atoms with Gasteiger partial charge in [0.2, 0.25) is 5.95 Å². The third-order valence-electron chi connectivity index (χ3n) is 2.29. The number of anilines is 3. The van der Waals surface area contributed by atoms with Gasteiger partial charge < -0.3 is 25.9 Å². The van der Waals surface area contributed by atoms with Gasteiger partial charge in [-0.3, -0.25) is 0 Å². The van der Waals surface area contributed by atoms with Crippen molar-refractivity contribution in [1.82, 2.24) is 9.97 Å². The van der Waals surface area contributed by atoms with Gasteiger partial charge in [-0.05, 0) is 0 Å². The van der Waals surface area contributed by atoms with Gasteiger partial charge in [0.1, 0.15) is 11.6 Å². The summed E-state index contributed by atoms with van der Waals surface area (Å²) in [6.45, 7) is 2.45. The minimum atomic E-state index is 0.0224. The van der Waals surface area contributed by atoms with Gasteiger partial charge in [0.05, 0.1) is 25.9 Å². The highest BCUT2D eigenvalue weighted by molar-refractivity contribution is 5.50. The van der Waals surface area contributed by atoms with E-state index < -0.39 is 0 Å². The van der Waals surface area contributed by atoms with Gasteiger partial charge >= 0.3 is 0 Å². The standard InChI is InChI=1S/C9H16N6O2/c10-9-13-7(3-8(14-9)15-11)12-4-6-5-16-1-2-17-6/h3,6H,1-2,4-5,11H2,(H4,10,12,13,14,15). The Balaban J connectivity index is 1.91. The van der Waals surface area contributed by atoms with Crippen LogP contribution in [0, 0.1) is 0 Å². The number of nitrogens with one attached hydrogen (secondary N) is 2. The quantitative estimate of drug-likeness (QED) is 0.397. The molecule has 6 N–H and O–H groups in total. The zero-order valence-corrected chi connectivity index (χ0v) is 9.35. The lowest BCUT2D eigenvalue weighted by Gasteiger charge is -2.23. The van der Waals surface area contributed by atoms with E-state index in [2.05, 4.69) is 20.7 Å². The van der Waals surface area contributed by atoms with Crippen LogP contribution < -0.4 is 22.3 Å². The molecule has 0 amide bonds. The summed E-state index contributed by atoms with van der Waals surface area (Å²) < 4.78 is 10.8. The Morgan fingerprint density at radius 1 is 1.35 bits per heavy atom. The van der Waals surface area contributed by atoms with Crippen molar-refractivity contribution in [1.29, 1.82) is 0 Å². The van der Waals surface area contributed by atoms with Crippen LogP contribution in [0.3, 0.4) is 0 Å². The molecule has 0 bridgehead atoms. The molecule has 8 nitrogen and oxygen atoms in total. The number of hydrogen-bond donors (Lipinski definition) is 4. The van der Waals surface area contributed by atoms with Crippen LogP contribution in [0.2, 0.25) is 0 Å². The highest BCUT2D eigenvalue weighted by Crippen LogP contribution is 2.12. The van der Waals surface area contributed by atoms with Crippen molar-refractivity contribution in [3.05, 3.63) is 6.07 Å². The van der Waals surface area contributed by atoms with Crippen molar-refractivity contribution >= 4 is 17.6 Å². The summed E-state index contributed by atoms with van der Waals surface area (Å²) in [5.41, 5.74) is 7.95. The lowest BCUT2D eigenvalue weighted by atomic mass is 10.3. The summed E-state index contributed by atoms with van der Waals surface area (Å²) in [7, 11) is 0. The van der Waals surface area contributed by atoms with E-state index in [-0.39, 0.29) is 12.1 Å². The van der Waals surface area contributed by atoms with Gasteiger partial charge in [-0.2, -0.15) is 9.97 Å². The summed E-state index contributed by atoms with van der Waals surface area (Å²) in [5, 5.41) is 3.10. The molecule has 0 radical (unpaired) electrons. The third kappa shape index (κ3) is 3.41. The Labute approximate surface area is 98.7 Å². The number of ether oxygens (including phenoxy) is 2. The summed E-state index contributed by atoms with van der Waals surface area (Å²) in [5.74, 6) is 6.47. The molecule has 1 aliphatic rings. The molecule has 2 heterocycles. The van der Waals surface area contributed by atoms with Crippen LogP contribution >= 0.6 is 0 Å². The fourth-order valence-electron chi connectivity index (χ4n) is 1.50. The molecule has 0 aliphatic carbocycles. The zero-order chi connectivity index (χ0) is 12.1. The zero-order valence-electron chi connectivity index (χ0n) is 9.35. The summed E-state index contributed by atoms with van der Waals surface area (Å²) >= 11 is 0. The predicted molar refractivity (Wildman–Crippen MR) is 63.3 cm³/mol. The second-order valence-electron chi connectivity index (χ2n) is 3.59. The SMILES string of the molecule is NNc1cc(NCC2COCCO2)nc(N)n1. The number of nitrogens with zero attached hydrogens (tertiary/aromatic N) is 2. The van der Waals surface area contributed by atoms with Crippen LogP contribution in [0.15, 0.2) is 6.07 Å². The molecule has 1 aromatic heterocycles. The maximum atomic E-state index is 5.53. The van der Waals surface area contributed by atoms with Crippen molar-refractivity contribution < 1.29 is 9.47 Å². The molecule has 2 rings (SSSR count). The van der Waals surface area contributed by atoms with Gasteiger partial charge in [-0.1, -0.05) is 0 Å². The second kappa shape index (κ2) is 5.62. The summed E-state index contributed by atoms with van der Waals surface area (Å²) in [6.07, 6.45) is 0.0224. The number of nitrogen functional groups attached to an aromatic ring is 2. The van der Waals surface area contributed by atoms with Gasteiger partial charge in [0.15, 0.2) is 0 Å². The molecule has 1 aliphatic heterocycles. The van der Waals surface area contributed by atoms with Crippen molar-refractivity contribution in [2.45, 2.75) is 6.10 Å². The molecule has 0 aromatic carbocycles. The van der Waals surface area contributed by atoms with E-state index in [1.165, 1.54) is 0 Å². The third-order valence-corrected chi connectivity index (χ3v) is 2.29. The maximum absolute atomic E-state index is 5.53. The lowest BCUT2D eigenvalue weighted by Crippen LogP contribution is -2.34. The van der Waals surface area contributed by atoms with Crippen LogP contribution in [-0.2, 0) is 9.47 Å². The number of hydrazine groups is 1. The Morgan fingerprint density at radius 3 is 2.88 bits per heavy atom. The van der Waals surface area contributed by atoms with Gasteiger partial charge in [-0.25, -0.2) is 5.84 Å². The van der Waals surface area contributed by atoms with Crippen LogP contribution in [-0.4, -0.2) is 42.4 Å². The molecule has 8 heteroatoms. The van der Waals surface area contributed by atoms with Crippen LogP contribution in [0.5, 0.6) is 0 Å². The van der Waals surface area contributed by atoms with E-state index in [0.717, 1.165) is 0 Å². The maximum Gasteiger partial charge on any atom is 0.223 e. The van der Waals surface area contributed by atoms with E-state index in [1.54, 1.807) is 6.07 Å². The second-order valence-corrected chi connectivity index (χ2v) is 3.59. The van der Waals surface area contributed by atoms with E-state index in [4.69, 9.17) is 21.1 Å². The van der Waals surface area contributed by atoms with Crippen LogP contribution in [0.25, 0.3) is 0 Å². The minimum Gasteiger partial charge on any atom is -0.376 e. The van der Waals surface area contributed by atoms with E-state index in [0.29, 0.717) is 38.0 Å².